The van der Waals surface area contributed by atoms with Gasteiger partial charge in [0.05, 0.1) is 0 Å². The van der Waals surface area contributed by atoms with Crippen molar-refractivity contribution in [3.63, 3.8) is 0 Å². The minimum atomic E-state index is -0.588. The lowest BCUT2D eigenvalue weighted by atomic mass is 10.0. The van der Waals surface area contributed by atoms with Crippen LogP contribution in [0, 0.1) is 0 Å². The molecular formula is C18H30N4O5S. The normalized spacial score (nSPS) is 24.6. The number of hydrogen-bond acceptors (Lipinski definition) is 8. The standard InChI is InChI=1S/C18H30N4O5S/c19-12-11-28-13(18(12)20)5-4-6-14(23)21-10-3-1-2-7-17(26)27-22-15(24)8-9-16(22)25/h12-13,18H,1-11,19-20H2,(H,21,23)/t12-,13?,18-/m0/s1. The summed E-state index contributed by atoms with van der Waals surface area (Å²) in [5.41, 5.74) is 11.9. The van der Waals surface area contributed by atoms with Gasteiger partial charge in [-0.05, 0) is 25.7 Å². The van der Waals surface area contributed by atoms with Crippen LogP contribution < -0.4 is 16.8 Å². The Hall–Kier alpha value is -1.65. The van der Waals surface area contributed by atoms with Crippen molar-refractivity contribution < 1.29 is 24.0 Å². The molecule has 0 spiro atoms. The maximum atomic E-state index is 11.8. The number of nitrogens with two attached hydrogens (primary N) is 2. The third-order valence-corrected chi connectivity index (χ3v) is 6.45. The number of thioether (sulfide) groups is 1. The minimum Gasteiger partial charge on any atom is -0.356 e. The molecule has 158 valence electrons. The van der Waals surface area contributed by atoms with Gasteiger partial charge in [-0.1, -0.05) is 6.42 Å². The minimum absolute atomic E-state index is 0.0152. The highest BCUT2D eigenvalue weighted by Gasteiger charge is 2.32. The first-order chi connectivity index (χ1) is 13.4. The lowest BCUT2D eigenvalue weighted by Gasteiger charge is -2.16. The number of unbranched alkanes of at least 4 members (excludes halogenated alkanes) is 2. The van der Waals surface area contributed by atoms with Gasteiger partial charge in [-0.3, -0.25) is 14.4 Å². The van der Waals surface area contributed by atoms with E-state index in [4.69, 9.17) is 16.3 Å². The van der Waals surface area contributed by atoms with Crippen LogP contribution in [0.3, 0.4) is 0 Å². The van der Waals surface area contributed by atoms with Crippen molar-refractivity contribution in [3.8, 4) is 0 Å². The van der Waals surface area contributed by atoms with Gasteiger partial charge in [-0.2, -0.15) is 11.8 Å². The lowest BCUT2D eigenvalue weighted by Crippen LogP contribution is -2.43. The maximum Gasteiger partial charge on any atom is 0.333 e. The van der Waals surface area contributed by atoms with Crippen LogP contribution in [0.5, 0.6) is 0 Å². The van der Waals surface area contributed by atoms with Crippen LogP contribution >= 0.6 is 11.8 Å². The second kappa shape index (κ2) is 11.4. The van der Waals surface area contributed by atoms with E-state index in [1.807, 2.05) is 0 Å². The van der Waals surface area contributed by atoms with Crippen LogP contribution in [-0.4, -0.2) is 58.4 Å². The number of rotatable bonds is 11. The monoisotopic (exact) mass is 414 g/mol. The van der Waals surface area contributed by atoms with Crippen molar-refractivity contribution in [1.82, 2.24) is 10.4 Å². The van der Waals surface area contributed by atoms with E-state index >= 15 is 0 Å². The number of nitrogens with zero attached hydrogens (tertiary/aromatic N) is 1. The van der Waals surface area contributed by atoms with Crippen LogP contribution in [0.1, 0.15) is 57.8 Å². The molecule has 3 atom stereocenters. The van der Waals surface area contributed by atoms with E-state index in [9.17, 15) is 19.2 Å². The molecule has 2 heterocycles. The largest absolute Gasteiger partial charge is 0.356 e. The number of imide groups is 1. The van der Waals surface area contributed by atoms with Gasteiger partial charge < -0.3 is 21.6 Å². The van der Waals surface area contributed by atoms with E-state index in [-0.39, 0.29) is 37.3 Å². The molecule has 0 aliphatic carbocycles. The average Bonchev–Trinajstić information content (AvgIpc) is 3.14. The molecule has 0 aromatic carbocycles. The average molecular weight is 415 g/mol. The summed E-state index contributed by atoms with van der Waals surface area (Å²) in [7, 11) is 0. The lowest BCUT2D eigenvalue weighted by molar-refractivity contribution is -0.197. The Morgan fingerprint density at radius 3 is 2.43 bits per heavy atom. The van der Waals surface area contributed by atoms with E-state index in [1.165, 1.54) is 0 Å². The highest BCUT2D eigenvalue weighted by atomic mass is 32.2. The summed E-state index contributed by atoms with van der Waals surface area (Å²) in [6, 6.07) is 0.0684. The number of carbonyl (C=O) groups excluding carboxylic acids is 4. The van der Waals surface area contributed by atoms with Gasteiger partial charge in [-0.15, -0.1) is 5.06 Å². The van der Waals surface area contributed by atoms with Crippen molar-refractivity contribution in [2.45, 2.75) is 75.1 Å². The molecule has 10 heteroatoms. The number of carbonyl (C=O) groups is 4. The second-order valence-corrected chi connectivity index (χ2v) is 8.48. The van der Waals surface area contributed by atoms with Crippen molar-refractivity contribution in [2.24, 2.45) is 11.5 Å². The quantitative estimate of drug-likeness (QED) is 0.321. The molecule has 0 radical (unpaired) electrons. The molecule has 28 heavy (non-hydrogen) atoms. The van der Waals surface area contributed by atoms with Crippen molar-refractivity contribution in [1.29, 1.82) is 0 Å². The predicted octanol–water partition coefficient (Wildman–Crippen LogP) is 0.211. The molecule has 5 N–H and O–H groups in total. The molecule has 3 amide bonds. The van der Waals surface area contributed by atoms with Crippen molar-refractivity contribution in [2.75, 3.05) is 12.3 Å². The SMILES string of the molecule is N[C@@H]1C(CCCC(=O)NCCCCCC(=O)ON2C(=O)CCC2=O)SC[C@@H]1N. The second-order valence-electron chi connectivity index (χ2n) is 7.21. The summed E-state index contributed by atoms with van der Waals surface area (Å²) in [5, 5.41) is 3.78. The molecular weight excluding hydrogens is 384 g/mol. The van der Waals surface area contributed by atoms with E-state index < -0.39 is 17.8 Å². The molecule has 2 aliphatic rings. The molecule has 0 aromatic rings. The van der Waals surface area contributed by atoms with Crippen molar-refractivity contribution in [3.05, 3.63) is 0 Å². The van der Waals surface area contributed by atoms with Crippen LogP contribution in [0.4, 0.5) is 0 Å². The van der Waals surface area contributed by atoms with E-state index in [0.717, 1.165) is 31.4 Å². The fourth-order valence-electron chi connectivity index (χ4n) is 3.16. The molecule has 2 fully saturated rings. The number of hydrogen-bond donors (Lipinski definition) is 3. The van der Waals surface area contributed by atoms with Crippen molar-refractivity contribution >= 4 is 35.5 Å². The Labute approximate surface area is 169 Å². The summed E-state index contributed by atoms with van der Waals surface area (Å²) < 4.78 is 0. The molecule has 0 bridgehead atoms. The third-order valence-electron chi connectivity index (χ3n) is 4.90. The van der Waals surface area contributed by atoms with Gasteiger partial charge in [0.2, 0.25) is 5.91 Å². The van der Waals surface area contributed by atoms with Gasteiger partial charge in [0.1, 0.15) is 0 Å². The summed E-state index contributed by atoms with van der Waals surface area (Å²) in [5.74, 6) is -0.632. The van der Waals surface area contributed by atoms with E-state index in [1.54, 1.807) is 11.8 Å². The van der Waals surface area contributed by atoms with E-state index in [2.05, 4.69) is 5.32 Å². The zero-order chi connectivity index (χ0) is 20.5. The zero-order valence-corrected chi connectivity index (χ0v) is 16.9. The van der Waals surface area contributed by atoms with Crippen LogP contribution in [-0.2, 0) is 24.0 Å². The fraction of sp³-hybridized carbons (Fsp3) is 0.778. The van der Waals surface area contributed by atoms with Gasteiger partial charge in [0.25, 0.3) is 11.8 Å². The van der Waals surface area contributed by atoms with E-state index in [0.29, 0.717) is 29.7 Å². The Balaban J connectivity index is 1.44. The number of amides is 3. The van der Waals surface area contributed by atoms with Crippen LogP contribution in [0.15, 0.2) is 0 Å². The Kier molecular flexibility index (Phi) is 9.20. The van der Waals surface area contributed by atoms with Gasteiger partial charge in [0.15, 0.2) is 0 Å². The molecule has 2 rings (SSSR count). The summed E-state index contributed by atoms with van der Waals surface area (Å²) in [6.45, 7) is 0.555. The first-order valence-electron chi connectivity index (χ1n) is 9.84. The smallest absolute Gasteiger partial charge is 0.333 e. The van der Waals surface area contributed by atoms with Crippen LogP contribution in [0.25, 0.3) is 0 Å². The molecule has 2 saturated heterocycles. The number of nitrogens with one attached hydrogen (secondary N) is 1. The summed E-state index contributed by atoms with van der Waals surface area (Å²) in [6.07, 6.45) is 4.54. The Morgan fingerprint density at radius 1 is 1.07 bits per heavy atom. The van der Waals surface area contributed by atoms with Crippen LogP contribution in [0.2, 0.25) is 0 Å². The molecule has 2 aliphatic heterocycles. The predicted molar refractivity (Wildman–Crippen MR) is 105 cm³/mol. The fourth-order valence-corrected chi connectivity index (χ4v) is 4.61. The van der Waals surface area contributed by atoms with Gasteiger partial charge in [0, 0.05) is 55.3 Å². The third kappa shape index (κ3) is 7.06. The summed E-state index contributed by atoms with van der Waals surface area (Å²) >= 11 is 1.79. The molecule has 1 unspecified atom stereocenters. The molecule has 0 saturated carbocycles. The Morgan fingerprint density at radius 2 is 1.79 bits per heavy atom. The molecule has 9 nitrogen and oxygen atoms in total. The zero-order valence-electron chi connectivity index (χ0n) is 16.1. The van der Waals surface area contributed by atoms with Gasteiger partial charge in [-0.25, -0.2) is 4.79 Å². The Bertz CT molecular complexity index is 572. The number of hydroxylamine groups is 2. The maximum absolute atomic E-state index is 11.8. The first kappa shape index (κ1) is 22.6. The van der Waals surface area contributed by atoms with Gasteiger partial charge >= 0.3 is 5.97 Å². The molecule has 0 aromatic heterocycles. The highest BCUT2D eigenvalue weighted by Crippen LogP contribution is 2.28. The first-order valence-corrected chi connectivity index (χ1v) is 10.9. The topological polar surface area (TPSA) is 145 Å². The highest BCUT2D eigenvalue weighted by molar-refractivity contribution is 8.00. The summed E-state index contributed by atoms with van der Waals surface area (Å²) in [4.78, 5) is 51.0.